The first-order chi connectivity index (χ1) is 11.7. The van der Waals surface area contributed by atoms with Gasteiger partial charge in [-0.2, -0.15) is 0 Å². The van der Waals surface area contributed by atoms with Gasteiger partial charge >= 0.3 is 0 Å². The summed E-state index contributed by atoms with van der Waals surface area (Å²) in [6.07, 6.45) is 4.56. The molecule has 0 saturated heterocycles. The molecule has 4 heteroatoms. The number of aliphatic hydroxyl groups is 1. The van der Waals surface area contributed by atoms with Crippen LogP contribution in [0.2, 0.25) is 0 Å². The van der Waals surface area contributed by atoms with Crippen LogP contribution < -0.4 is 0 Å². The van der Waals surface area contributed by atoms with Crippen LogP contribution in [0.5, 0.6) is 0 Å². The minimum Gasteiger partial charge on any atom is -0.392 e. The van der Waals surface area contributed by atoms with E-state index in [1.807, 2.05) is 7.11 Å². The van der Waals surface area contributed by atoms with Gasteiger partial charge in [-0.1, -0.05) is 27.7 Å². The zero-order chi connectivity index (χ0) is 18.6. The Morgan fingerprint density at radius 3 is 2.48 bits per heavy atom. The summed E-state index contributed by atoms with van der Waals surface area (Å²) in [7, 11) is 1.81. The Morgan fingerprint density at radius 2 is 1.88 bits per heavy atom. The fraction of sp³-hybridized carbons (Fsp3) is 0.952. The lowest BCUT2D eigenvalue weighted by atomic mass is 9.45. The quantitative estimate of drug-likeness (QED) is 0.806. The largest absolute Gasteiger partial charge is 0.392 e. The van der Waals surface area contributed by atoms with E-state index in [9.17, 15) is 9.90 Å². The van der Waals surface area contributed by atoms with E-state index in [1.165, 1.54) is 0 Å². The number of methoxy groups -OCH3 is 1. The third-order valence-corrected chi connectivity index (χ3v) is 9.80. The van der Waals surface area contributed by atoms with Gasteiger partial charge in [-0.15, -0.1) is 11.8 Å². The maximum atomic E-state index is 13.6. The summed E-state index contributed by atoms with van der Waals surface area (Å²) in [5, 5.41) is 11.5. The fourth-order valence-corrected chi connectivity index (χ4v) is 8.09. The van der Waals surface area contributed by atoms with E-state index in [4.69, 9.17) is 4.74 Å². The molecule has 1 N–H and O–H groups in total. The van der Waals surface area contributed by atoms with E-state index in [0.29, 0.717) is 18.1 Å². The molecule has 0 aromatic rings. The number of ether oxygens (including phenoxy) is 1. The molecule has 3 aliphatic rings. The SMILES string of the molecule is CCS[C@]1(C)C[C@@H](O)[C@@]2(C)C3[C@H](OC)CCC3(CC[C@H]2C)[C@@H](C)C1=O. The standard InChI is InChI=1S/C21H36O3S/c1-7-25-19(4)12-16(22)20(5)13(2)8-10-21(14(3)18(19)23)11-9-15(24-6)17(20)21/h13-17,22H,7-12H2,1-6H3/t13-,14+,15-,16-,17?,19-,20+,21?/m1/s1. The third-order valence-electron chi connectivity index (χ3n) is 8.50. The van der Waals surface area contributed by atoms with Crippen molar-refractivity contribution < 1.29 is 14.6 Å². The van der Waals surface area contributed by atoms with E-state index in [-0.39, 0.29) is 28.8 Å². The predicted octanol–water partition coefficient (Wildman–Crippen LogP) is 4.32. The first-order valence-corrected chi connectivity index (χ1v) is 11.0. The van der Waals surface area contributed by atoms with Crippen LogP contribution in [0.25, 0.3) is 0 Å². The number of carbonyl (C=O) groups is 1. The van der Waals surface area contributed by atoms with E-state index < -0.39 is 10.9 Å². The normalized spacial score (nSPS) is 53.2. The molecule has 144 valence electrons. The summed E-state index contributed by atoms with van der Waals surface area (Å²) in [5.41, 5.74) is -0.185. The molecular formula is C21H36O3S. The molecule has 2 unspecified atom stereocenters. The molecule has 0 spiro atoms. The van der Waals surface area contributed by atoms with Crippen LogP contribution in [-0.4, -0.2) is 40.7 Å². The second kappa shape index (κ2) is 6.53. The molecule has 25 heavy (non-hydrogen) atoms. The van der Waals surface area contributed by atoms with Crippen LogP contribution in [0.4, 0.5) is 0 Å². The summed E-state index contributed by atoms with van der Waals surface area (Å²) in [6.45, 7) is 11.0. The number of hydrogen-bond donors (Lipinski definition) is 1. The average molecular weight is 369 g/mol. The van der Waals surface area contributed by atoms with E-state index in [1.54, 1.807) is 11.8 Å². The van der Waals surface area contributed by atoms with Gasteiger partial charge in [0.1, 0.15) is 0 Å². The lowest BCUT2D eigenvalue weighted by Gasteiger charge is -2.61. The highest BCUT2D eigenvalue weighted by Crippen LogP contribution is 2.68. The fourth-order valence-electron chi connectivity index (χ4n) is 6.86. The number of hydrogen-bond acceptors (Lipinski definition) is 4. The molecular weight excluding hydrogens is 332 g/mol. The monoisotopic (exact) mass is 368 g/mol. The number of carbonyl (C=O) groups excluding carboxylic acids is 1. The molecule has 0 radical (unpaired) electrons. The molecule has 2 bridgehead atoms. The van der Waals surface area contributed by atoms with Crippen molar-refractivity contribution in [3.8, 4) is 0 Å². The first kappa shape index (κ1) is 19.7. The van der Waals surface area contributed by atoms with Crippen molar-refractivity contribution in [1.29, 1.82) is 0 Å². The number of thioether (sulfide) groups is 1. The number of rotatable bonds is 3. The van der Waals surface area contributed by atoms with E-state index >= 15 is 0 Å². The molecule has 8 atom stereocenters. The highest BCUT2D eigenvalue weighted by Gasteiger charge is 2.67. The Hall–Kier alpha value is -0.0600. The molecule has 3 nitrogen and oxygen atoms in total. The molecule has 0 aromatic heterocycles. The molecule has 3 saturated carbocycles. The maximum Gasteiger partial charge on any atom is 0.152 e. The van der Waals surface area contributed by atoms with Crippen molar-refractivity contribution in [3.63, 3.8) is 0 Å². The molecule has 0 heterocycles. The lowest BCUT2D eigenvalue weighted by molar-refractivity contribution is -0.182. The van der Waals surface area contributed by atoms with Crippen molar-refractivity contribution >= 4 is 17.5 Å². The van der Waals surface area contributed by atoms with E-state index in [0.717, 1.165) is 31.4 Å². The van der Waals surface area contributed by atoms with Gasteiger partial charge in [-0.25, -0.2) is 0 Å². The summed E-state index contributed by atoms with van der Waals surface area (Å²) in [5.74, 6) is 2.04. The summed E-state index contributed by atoms with van der Waals surface area (Å²) < 4.78 is 5.45. The van der Waals surface area contributed by atoms with Crippen molar-refractivity contribution in [1.82, 2.24) is 0 Å². The minimum atomic E-state index is -0.477. The lowest BCUT2D eigenvalue weighted by Crippen LogP contribution is -2.63. The van der Waals surface area contributed by atoms with Gasteiger partial charge in [0.05, 0.1) is 17.0 Å². The molecule has 3 aliphatic carbocycles. The van der Waals surface area contributed by atoms with Gasteiger partial charge in [-0.3, -0.25) is 4.79 Å². The third kappa shape index (κ3) is 2.57. The molecule has 0 aromatic carbocycles. The summed E-state index contributed by atoms with van der Waals surface area (Å²) >= 11 is 1.73. The minimum absolute atomic E-state index is 0.00399. The average Bonchev–Trinajstić information content (AvgIpc) is 2.97. The molecule has 3 fully saturated rings. The van der Waals surface area contributed by atoms with E-state index in [2.05, 4.69) is 34.6 Å². The Balaban J connectivity index is 2.16. The van der Waals surface area contributed by atoms with Gasteiger partial charge in [0, 0.05) is 18.4 Å². The second-order valence-corrected chi connectivity index (χ2v) is 11.1. The van der Waals surface area contributed by atoms with Gasteiger partial charge < -0.3 is 9.84 Å². The van der Waals surface area contributed by atoms with Gasteiger partial charge in [-0.05, 0) is 62.0 Å². The van der Waals surface area contributed by atoms with Crippen molar-refractivity contribution in [2.75, 3.05) is 12.9 Å². The predicted molar refractivity (Wildman–Crippen MR) is 104 cm³/mol. The molecule has 0 aliphatic heterocycles. The zero-order valence-corrected chi connectivity index (χ0v) is 17.6. The number of Topliss-reactive ketones (excluding diaryl/α,β-unsaturated/α-hetero) is 1. The van der Waals surface area contributed by atoms with Crippen LogP contribution in [0.1, 0.15) is 66.7 Å². The summed E-state index contributed by atoms with van der Waals surface area (Å²) in [6, 6.07) is 0. The molecule has 3 rings (SSSR count). The Morgan fingerprint density at radius 1 is 1.24 bits per heavy atom. The van der Waals surface area contributed by atoms with Gasteiger partial charge in [0.15, 0.2) is 5.78 Å². The van der Waals surface area contributed by atoms with Crippen LogP contribution in [0, 0.1) is 28.6 Å². The van der Waals surface area contributed by atoms with Crippen LogP contribution in [-0.2, 0) is 9.53 Å². The van der Waals surface area contributed by atoms with Gasteiger partial charge in [0.25, 0.3) is 0 Å². The molecule has 0 amide bonds. The van der Waals surface area contributed by atoms with Crippen LogP contribution in [0.3, 0.4) is 0 Å². The van der Waals surface area contributed by atoms with Crippen molar-refractivity contribution in [2.24, 2.45) is 28.6 Å². The van der Waals surface area contributed by atoms with Crippen molar-refractivity contribution in [3.05, 3.63) is 0 Å². The number of aliphatic hydroxyl groups excluding tert-OH is 1. The highest BCUT2D eigenvalue weighted by molar-refractivity contribution is 8.01. The Labute approximate surface area is 157 Å². The topological polar surface area (TPSA) is 46.5 Å². The maximum absolute atomic E-state index is 13.6. The summed E-state index contributed by atoms with van der Waals surface area (Å²) in [4.78, 5) is 13.6. The van der Waals surface area contributed by atoms with Gasteiger partial charge in [0.2, 0.25) is 0 Å². The van der Waals surface area contributed by atoms with Crippen molar-refractivity contribution in [2.45, 2.75) is 83.7 Å². The number of ketones is 1. The Bertz CT molecular complexity index is 537. The Kier molecular flexibility index (Phi) is 5.14. The highest BCUT2D eigenvalue weighted by atomic mass is 32.2. The second-order valence-electron chi connectivity index (χ2n) is 9.30. The smallest absolute Gasteiger partial charge is 0.152 e. The first-order valence-electron chi connectivity index (χ1n) is 10.1. The van der Waals surface area contributed by atoms with Crippen LogP contribution in [0.15, 0.2) is 0 Å². The zero-order valence-electron chi connectivity index (χ0n) is 16.8. The van der Waals surface area contributed by atoms with Crippen LogP contribution >= 0.6 is 11.8 Å².